The van der Waals surface area contributed by atoms with Crippen LogP contribution in [0.2, 0.25) is 0 Å². The number of likely N-dealkylation sites (tertiary alicyclic amines) is 1. The van der Waals surface area contributed by atoms with E-state index in [-0.39, 0.29) is 11.4 Å². The fraction of sp³-hybridized carbons (Fsp3) is 0.769. The maximum absolute atomic E-state index is 11.9. The van der Waals surface area contributed by atoms with E-state index < -0.39 is 0 Å². The van der Waals surface area contributed by atoms with Crippen LogP contribution >= 0.6 is 0 Å². The zero-order valence-electron chi connectivity index (χ0n) is 10.0. The topological polar surface area (TPSA) is 20.3 Å². The van der Waals surface area contributed by atoms with E-state index in [1.54, 1.807) is 0 Å². The second-order valence-corrected chi connectivity index (χ2v) is 6.03. The zero-order valence-corrected chi connectivity index (χ0v) is 10.0. The lowest BCUT2D eigenvalue weighted by Crippen LogP contribution is -2.57. The molecule has 2 rings (SSSR count). The molecule has 2 heteroatoms. The average Bonchev–Trinajstić information content (AvgIpc) is 2.53. The van der Waals surface area contributed by atoms with Gasteiger partial charge in [0.1, 0.15) is 0 Å². The second-order valence-electron chi connectivity index (χ2n) is 6.03. The van der Waals surface area contributed by atoms with Crippen LogP contribution in [0.25, 0.3) is 0 Å². The summed E-state index contributed by atoms with van der Waals surface area (Å²) in [5, 5.41) is 0. The Labute approximate surface area is 92.3 Å². The molecule has 1 saturated heterocycles. The molecule has 2 bridgehead atoms. The lowest BCUT2D eigenvalue weighted by molar-refractivity contribution is -0.138. The minimum atomic E-state index is 0.0152. The Morgan fingerprint density at radius 1 is 1.47 bits per heavy atom. The number of carbonyl (C=O) groups excluding carboxylic acids is 1. The predicted octanol–water partition coefficient (Wildman–Crippen LogP) is 2.60. The molecule has 2 nitrogen and oxygen atoms in total. The molecule has 2 aliphatic rings. The largest absolute Gasteiger partial charge is 0.333 e. The highest BCUT2D eigenvalue weighted by molar-refractivity contribution is 5.87. The van der Waals surface area contributed by atoms with E-state index in [1.165, 1.54) is 25.3 Å². The Morgan fingerprint density at radius 2 is 2.13 bits per heavy atom. The van der Waals surface area contributed by atoms with Gasteiger partial charge in [-0.25, -0.2) is 0 Å². The third-order valence-corrected chi connectivity index (χ3v) is 4.51. The summed E-state index contributed by atoms with van der Waals surface area (Å²) < 4.78 is 0. The van der Waals surface area contributed by atoms with Crippen molar-refractivity contribution in [3.63, 3.8) is 0 Å². The van der Waals surface area contributed by atoms with Crippen molar-refractivity contribution in [3.8, 4) is 0 Å². The summed E-state index contributed by atoms with van der Waals surface area (Å²) in [6.45, 7) is 11.2. The number of hydrogen-bond acceptors (Lipinski definition) is 1. The van der Waals surface area contributed by atoms with Crippen molar-refractivity contribution in [1.82, 2.24) is 4.90 Å². The number of nitrogens with zero attached hydrogens (tertiary/aromatic N) is 1. The summed E-state index contributed by atoms with van der Waals surface area (Å²) in [5.41, 5.74) is 0.375. The zero-order chi connectivity index (χ0) is 11.3. The molecule has 0 aromatic heterocycles. The van der Waals surface area contributed by atoms with Crippen LogP contribution < -0.4 is 0 Å². The third-order valence-electron chi connectivity index (χ3n) is 4.51. The van der Waals surface area contributed by atoms with Crippen LogP contribution in [0.15, 0.2) is 12.7 Å². The monoisotopic (exact) mass is 207 g/mol. The Hall–Kier alpha value is -0.790. The van der Waals surface area contributed by atoms with Crippen molar-refractivity contribution in [2.75, 3.05) is 6.54 Å². The summed E-state index contributed by atoms with van der Waals surface area (Å²) in [7, 11) is 0. The molecule has 0 spiro atoms. The van der Waals surface area contributed by atoms with Crippen molar-refractivity contribution in [2.24, 2.45) is 11.3 Å². The Balaban J connectivity index is 2.31. The first-order valence-corrected chi connectivity index (χ1v) is 5.83. The van der Waals surface area contributed by atoms with Crippen LogP contribution in [0.3, 0.4) is 0 Å². The molecule has 15 heavy (non-hydrogen) atoms. The summed E-state index contributed by atoms with van der Waals surface area (Å²) in [6.07, 6.45) is 5.27. The molecule has 0 unspecified atom stereocenters. The smallest absolute Gasteiger partial charge is 0.246 e. The molecule has 0 aromatic carbocycles. The number of piperidine rings is 1. The molecule has 1 saturated carbocycles. The minimum Gasteiger partial charge on any atom is -0.333 e. The van der Waals surface area contributed by atoms with E-state index in [4.69, 9.17) is 0 Å². The SMILES string of the molecule is C=CC(=O)N1C[C@]2(C)CC[C@@H](C2)C1(C)C. The van der Waals surface area contributed by atoms with Crippen LogP contribution in [0, 0.1) is 11.3 Å². The Kier molecular flexibility index (Phi) is 2.21. The first kappa shape index (κ1) is 10.7. The molecule has 2 atom stereocenters. The summed E-state index contributed by atoms with van der Waals surface area (Å²) >= 11 is 0. The first-order chi connectivity index (χ1) is 6.89. The van der Waals surface area contributed by atoms with Gasteiger partial charge in [0.15, 0.2) is 0 Å². The highest BCUT2D eigenvalue weighted by Crippen LogP contribution is 2.52. The number of hydrogen-bond donors (Lipinski definition) is 0. The maximum Gasteiger partial charge on any atom is 0.246 e. The van der Waals surface area contributed by atoms with Gasteiger partial charge in [-0.1, -0.05) is 13.5 Å². The lowest BCUT2D eigenvalue weighted by Gasteiger charge is -2.49. The molecule has 1 aliphatic carbocycles. The molecular formula is C13H21NO. The molecule has 1 amide bonds. The van der Waals surface area contributed by atoms with Gasteiger partial charge in [-0.15, -0.1) is 0 Å². The molecule has 0 aromatic rings. The van der Waals surface area contributed by atoms with Gasteiger partial charge < -0.3 is 4.90 Å². The van der Waals surface area contributed by atoms with Gasteiger partial charge in [-0.05, 0) is 50.5 Å². The summed E-state index contributed by atoms with van der Waals surface area (Å²) in [6, 6.07) is 0. The minimum absolute atomic E-state index is 0.0152. The quantitative estimate of drug-likeness (QED) is 0.605. The van der Waals surface area contributed by atoms with E-state index in [9.17, 15) is 4.79 Å². The van der Waals surface area contributed by atoms with Crippen molar-refractivity contribution < 1.29 is 4.79 Å². The second kappa shape index (κ2) is 3.10. The fourth-order valence-corrected chi connectivity index (χ4v) is 3.35. The molecule has 84 valence electrons. The number of rotatable bonds is 1. The third kappa shape index (κ3) is 1.51. The molecule has 0 N–H and O–H groups in total. The average molecular weight is 207 g/mol. The van der Waals surface area contributed by atoms with Gasteiger partial charge in [0.05, 0.1) is 0 Å². The van der Waals surface area contributed by atoms with Crippen LogP contribution in [-0.4, -0.2) is 22.9 Å². The van der Waals surface area contributed by atoms with Gasteiger partial charge in [0.25, 0.3) is 0 Å². The summed E-state index contributed by atoms with van der Waals surface area (Å²) in [5.74, 6) is 0.762. The van der Waals surface area contributed by atoms with Gasteiger partial charge in [-0.2, -0.15) is 0 Å². The standard InChI is InChI=1S/C13H21NO/c1-5-11(15)14-9-13(4)7-6-10(8-13)12(14,2)3/h5,10H,1,6-9H2,2-4H3/t10-,13+/m0/s1. The number of amides is 1. The van der Waals surface area contributed by atoms with Crippen LogP contribution in [0.1, 0.15) is 40.0 Å². The first-order valence-electron chi connectivity index (χ1n) is 5.83. The van der Waals surface area contributed by atoms with Crippen molar-refractivity contribution >= 4 is 5.91 Å². The van der Waals surface area contributed by atoms with Crippen molar-refractivity contribution in [1.29, 1.82) is 0 Å². The molecule has 1 heterocycles. The molecule has 1 aliphatic heterocycles. The van der Waals surface area contributed by atoms with E-state index in [0.717, 1.165) is 6.54 Å². The van der Waals surface area contributed by atoms with Crippen LogP contribution in [0.5, 0.6) is 0 Å². The highest BCUT2D eigenvalue weighted by Gasteiger charge is 2.52. The highest BCUT2D eigenvalue weighted by atomic mass is 16.2. The van der Waals surface area contributed by atoms with E-state index in [1.807, 2.05) is 4.90 Å². The Morgan fingerprint density at radius 3 is 2.73 bits per heavy atom. The van der Waals surface area contributed by atoms with Crippen LogP contribution in [-0.2, 0) is 4.79 Å². The molecule has 2 fully saturated rings. The lowest BCUT2D eigenvalue weighted by atomic mass is 9.75. The van der Waals surface area contributed by atoms with Crippen molar-refractivity contribution in [2.45, 2.75) is 45.6 Å². The predicted molar refractivity (Wildman–Crippen MR) is 61.4 cm³/mol. The Bertz CT molecular complexity index is 308. The number of carbonyl (C=O) groups is 1. The normalized spacial score (nSPS) is 37.8. The van der Waals surface area contributed by atoms with Gasteiger partial charge in [-0.3, -0.25) is 4.79 Å². The fourth-order valence-electron chi connectivity index (χ4n) is 3.35. The van der Waals surface area contributed by atoms with E-state index in [0.29, 0.717) is 11.3 Å². The van der Waals surface area contributed by atoms with E-state index >= 15 is 0 Å². The number of fused-ring (bicyclic) bond motifs is 2. The van der Waals surface area contributed by atoms with Crippen molar-refractivity contribution in [3.05, 3.63) is 12.7 Å². The van der Waals surface area contributed by atoms with Gasteiger partial charge in [0, 0.05) is 12.1 Å². The van der Waals surface area contributed by atoms with E-state index in [2.05, 4.69) is 27.4 Å². The maximum atomic E-state index is 11.9. The van der Waals surface area contributed by atoms with Crippen LogP contribution in [0.4, 0.5) is 0 Å². The molecular weight excluding hydrogens is 186 g/mol. The van der Waals surface area contributed by atoms with Gasteiger partial charge >= 0.3 is 0 Å². The molecule has 0 radical (unpaired) electrons. The summed E-state index contributed by atoms with van der Waals surface area (Å²) in [4.78, 5) is 13.9. The van der Waals surface area contributed by atoms with Gasteiger partial charge in [0.2, 0.25) is 5.91 Å².